The summed E-state index contributed by atoms with van der Waals surface area (Å²) in [5, 5.41) is 6.75. The zero-order valence-corrected chi connectivity index (χ0v) is 12.9. The lowest BCUT2D eigenvalue weighted by Crippen LogP contribution is -2.24. The molecular formula is C14H22N4S. The summed E-state index contributed by atoms with van der Waals surface area (Å²) >= 11 is 1.74. The number of thiazole rings is 1. The molecule has 19 heavy (non-hydrogen) atoms. The fourth-order valence-electron chi connectivity index (χ4n) is 1.78. The van der Waals surface area contributed by atoms with Gasteiger partial charge in [0.25, 0.3) is 0 Å². The topological polar surface area (TPSA) is 42.7 Å². The van der Waals surface area contributed by atoms with Gasteiger partial charge in [-0.05, 0) is 0 Å². The molecule has 0 atom stereocenters. The number of nitrogens with zero attached hydrogens (tertiary/aromatic N) is 3. The minimum atomic E-state index is 0.469. The number of rotatable bonds is 6. The van der Waals surface area contributed by atoms with E-state index >= 15 is 0 Å². The van der Waals surface area contributed by atoms with E-state index in [1.54, 1.807) is 11.3 Å². The predicted octanol–water partition coefficient (Wildman–Crippen LogP) is 3.01. The first-order chi connectivity index (χ1) is 9.06. The smallest absolute Gasteiger partial charge is 0.123 e. The maximum atomic E-state index is 4.67. The van der Waals surface area contributed by atoms with Crippen LogP contribution in [0.3, 0.4) is 0 Å². The third-order valence-corrected chi connectivity index (χ3v) is 4.06. The van der Waals surface area contributed by atoms with Crippen molar-refractivity contribution in [3.8, 4) is 0 Å². The van der Waals surface area contributed by atoms with E-state index in [9.17, 15) is 0 Å². The van der Waals surface area contributed by atoms with Gasteiger partial charge in [0, 0.05) is 29.7 Å². The summed E-state index contributed by atoms with van der Waals surface area (Å²) in [6.45, 7) is 10.2. The molecule has 0 spiro atoms. The molecule has 4 nitrogen and oxygen atoms in total. The number of imidazole rings is 1. The molecule has 2 heterocycles. The van der Waals surface area contributed by atoms with Gasteiger partial charge in [-0.3, -0.25) is 0 Å². The van der Waals surface area contributed by atoms with Crippen LogP contribution >= 0.6 is 11.3 Å². The predicted molar refractivity (Wildman–Crippen MR) is 79.5 cm³/mol. The van der Waals surface area contributed by atoms with E-state index in [0.29, 0.717) is 12.0 Å². The van der Waals surface area contributed by atoms with Crippen molar-refractivity contribution in [2.24, 2.45) is 0 Å². The van der Waals surface area contributed by atoms with Crippen LogP contribution in [0, 0.1) is 0 Å². The normalized spacial score (nSPS) is 11.7. The lowest BCUT2D eigenvalue weighted by molar-refractivity contribution is 0.553. The second kappa shape index (κ2) is 6.30. The Morgan fingerprint density at radius 3 is 2.74 bits per heavy atom. The fourth-order valence-corrected chi connectivity index (χ4v) is 2.61. The van der Waals surface area contributed by atoms with Crippen molar-refractivity contribution >= 4 is 11.3 Å². The maximum Gasteiger partial charge on any atom is 0.123 e. The average Bonchev–Trinajstić information content (AvgIpc) is 2.96. The van der Waals surface area contributed by atoms with Crippen molar-refractivity contribution in [2.75, 3.05) is 0 Å². The van der Waals surface area contributed by atoms with Crippen molar-refractivity contribution in [1.82, 2.24) is 19.9 Å². The van der Waals surface area contributed by atoms with Crippen LogP contribution in [0.15, 0.2) is 17.8 Å². The molecule has 0 unspecified atom stereocenters. The number of aromatic nitrogens is 3. The molecule has 0 aliphatic carbocycles. The Labute approximate surface area is 118 Å². The zero-order chi connectivity index (χ0) is 13.8. The minimum Gasteiger partial charge on any atom is -0.328 e. The first kappa shape index (κ1) is 14.2. The Hall–Kier alpha value is -1.20. The van der Waals surface area contributed by atoms with E-state index in [1.165, 1.54) is 5.01 Å². The maximum absolute atomic E-state index is 4.67. The lowest BCUT2D eigenvalue weighted by Gasteiger charge is -2.09. The highest BCUT2D eigenvalue weighted by molar-refractivity contribution is 7.09. The van der Waals surface area contributed by atoms with Gasteiger partial charge in [-0.2, -0.15) is 0 Å². The molecule has 0 bridgehead atoms. The minimum absolute atomic E-state index is 0.469. The van der Waals surface area contributed by atoms with Crippen LogP contribution in [0.2, 0.25) is 0 Å². The molecule has 2 rings (SSSR count). The van der Waals surface area contributed by atoms with E-state index in [1.807, 2.05) is 12.4 Å². The van der Waals surface area contributed by atoms with Gasteiger partial charge >= 0.3 is 0 Å². The molecule has 5 heteroatoms. The van der Waals surface area contributed by atoms with Gasteiger partial charge in [-0.1, -0.05) is 27.7 Å². The highest BCUT2D eigenvalue weighted by Crippen LogP contribution is 2.19. The standard InChI is InChI=1S/C14H22N4S/c1-10(2)14-17-12(9-19-14)8-18-6-5-15-13(18)7-16-11(3)4/h5-6,9-11,16H,7-8H2,1-4H3. The summed E-state index contributed by atoms with van der Waals surface area (Å²) in [5.74, 6) is 1.57. The molecular weight excluding hydrogens is 256 g/mol. The summed E-state index contributed by atoms with van der Waals surface area (Å²) in [5.41, 5.74) is 1.12. The summed E-state index contributed by atoms with van der Waals surface area (Å²) in [4.78, 5) is 9.07. The first-order valence-corrected chi connectivity index (χ1v) is 7.62. The molecule has 0 aliphatic rings. The Morgan fingerprint density at radius 1 is 1.32 bits per heavy atom. The van der Waals surface area contributed by atoms with E-state index in [0.717, 1.165) is 24.6 Å². The zero-order valence-electron chi connectivity index (χ0n) is 12.1. The molecule has 0 aliphatic heterocycles. The Morgan fingerprint density at radius 2 is 2.11 bits per heavy atom. The van der Waals surface area contributed by atoms with Gasteiger partial charge in [0.2, 0.25) is 0 Å². The van der Waals surface area contributed by atoms with Crippen molar-refractivity contribution in [3.63, 3.8) is 0 Å². The molecule has 0 saturated carbocycles. The second-order valence-corrected chi connectivity index (χ2v) is 6.23. The molecule has 0 saturated heterocycles. The fraction of sp³-hybridized carbons (Fsp3) is 0.571. The third-order valence-electron chi connectivity index (χ3n) is 2.87. The van der Waals surface area contributed by atoms with Gasteiger partial charge < -0.3 is 9.88 Å². The summed E-state index contributed by atoms with van der Waals surface area (Å²) < 4.78 is 2.16. The van der Waals surface area contributed by atoms with Crippen LogP contribution in [-0.4, -0.2) is 20.6 Å². The number of hydrogen-bond acceptors (Lipinski definition) is 4. The lowest BCUT2D eigenvalue weighted by atomic mass is 10.2. The molecule has 0 amide bonds. The van der Waals surface area contributed by atoms with Crippen molar-refractivity contribution in [1.29, 1.82) is 0 Å². The van der Waals surface area contributed by atoms with E-state index in [-0.39, 0.29) is 0 Å². The largest absolute Gasteiger partial charge is 0.328 e. The summed E-state index contributed by atoms with van der Waals surface area (Å²) in [6.07, 6.45) is 3.87. The summed E-state index contributed by atoms with van der Waals surface area (Å²) in [7, 11) is 0. The Balaban J connectivity index is 2.04. The average molecular weight is 278 g/mol. The van der Waals surface area contributed by atoms with Crippen LogP contribution in [0.4, 0.5) is 0 Å². The van der Waals surface area contributed by atoms with E-state index < -0.39 is 0 Å². The highest BCUT2D eigenvalue weighted by Gasteiger charge is 2.08. The quantitative estimate of drug-likeness (QED) is 0.883. The Kier molecular flexibility index (Phi) is 4.71. The van der Waals surface area contributed by atoms with Crippen LogP contribution in [0.5, 0.6) is 0 Å². The molecule has 0 aromatic carbocycles. The molecule has 0 fully saturated rings. The molecule has 0 radical (unpaired) electrons. The van der Waals surface area contributed by atoms with Gasteiger partial charge in [0.1, 0.15) is 5.82 Å². The molecule has 2 aromatic heterocycles. The van der Waals surface area contributed by atoms with Gasteiger partial charge in [0.15, 0.2) is 0 Å². The number of hydrogen-bond donors (Lipinski definition) is 1. The van der Waals surface area contributed by atoms with E-state index in [4.69, 9.17) is 0 Å². The molecule has 104 valence electrons. The van der Waals surface area contributed by atoms with Gasteiger partial charge in [-0.15, -0.1) is 11.3 Å². The van der Waals surface area contributed by atoms with Crippen molar-refractivity contribution in [3.05, 3.63) is 34.3 Å². The van der Waals surface area contributed by atoms with Crippen LogP contribution in [0.1, 0.15) is 50.1 Å². The van der Waals surface area contributed by atoms with Gasteiger partial charge in [-0.25, -0.2) is 9.97 Å². The second-order valence-electron chi connectivity index (χ2n) is 5.34. The SMILES string of the molecule is CC(C)NCc1nccn1Cc1csc(C(C)C)n1. The highest BCUT2D eigenvalue weighted by atomic mass is 32.1. The molecule has 2 aromatic rings. The van der Waals surface area contributed by atoms with Crippen molar-refractivity contribution < 1.29 is 0 Å². The Bertz CT molecular complexity index is 513. The first-order valence-electron chi connectivity index (χ1n) is 6.74. The monoisotopic (exact) mass is 278 g/mol. The van der Waals surface area contributed by atoms with Crippen LogP contribution in [0.25, 0.3) is 0 Å². The van der Waals surface area contributed by atoms with Crippen LogP contribution < -0.4 is 5.32 Å². The van der Waals surface area contributed by atoms with Crippen LogP contribution in [-0.2, 0) is 13.1 Å². The molecule has 1 N–H and O–H groups in total. The van der Waals surface area contributed by atoms with E-state index in [2.05, 4.69) is 52.9 Å². The van der Waals surface area contributed by atoms with Gasteiger partial charge in [0.05, 0.1) is 23.8 Å². The number of nitrogens with one attached hydrogen (secondary N) is 1. The third kappa shape index (κ3) is 3.88. The summed E-state index contributed by atoms with van der Waals surface area (Å²) in [6, 6.07) is 0.469. The van der Waals surface area contributed by atoms with Crippen molar-refractivity contribution in [2.45, 2.75) is 52.7 Å².